The Hall–Kier alpha value is -0.120. The molecule has 2 fully saturated rings. The van der Waals surface area contributed by atoms with E-state index in [1.54, 1.807) is 0 Å². The van der Waals surface area contributed by atoms with Gasteiger partial charge in [-0.2, -0.15) is 0 Å². The van der Waals surface area contributed by atoms with Gasteiger partial charge in [0.25, 0.3) is 0 Å². The molecular weight excluding hydrogens is 198 g/mol. The largest absolute Gasteiger partial charge is 0.324 e. The van der Waals surface area contributed by atoms with E-state index in [2.05, 4.69) is 23.8 Å². The Morgan fingerprint density at radius 2 is 2.00 bits per heavy atom. The summed E-state index contributed by atoms with van der Waals surface area (Å²) in [6, 6.07) is 0.716. The molecule has 2 aliphatic rings. The molecule has 0 aromatic rings. The first-order valence-corrected chi connectivity index (χ1v) is 6.84. The van der Waals surface area contributed by atoms with Gasteiger partial charge >= 0.3 is 0 Å². The molecule has 0 aromatic heterocycles. The molecule has 0 aromatic carbocycles. The van der Waals surface area contributed by atoms with Crippen LogP contribution in [0.4, 0.5) is 0 Å². The lowest BCUT2D eigenvalue weighted by Crippen LogP contribution is -2.57. The summed E-state index contributed by atoms with van der Waals surface area (Å²) in [4.78, 5) is 5.13. The van der Waals surface area contributed by atoms with Gasteiger partial charge < -0.3 is 10.6 Å². The van der Waals surface area contributed by atoms with E-state index in [0.717, 1.165) is 6.54 Å². The molecule has 0 bridgehead atoms. The first-order chi connectivity index (χ1) is 7.63. The summed E-state index contributed by atoms with van der Waals surface area (Å²) in [6.45, 7) is 7.12. The van der Waals surface area contributed by atoms with Crippen LogP contribution in [0.1, 0.15) is 39.0 Å². The molecule has 0 spiro atoms. The molecule has 2 N–H and O–H groups in total. The Labute approximate surface area is 100.0 Å². The van der Waals surface area contributed by atoms with Gasteiger partial charge in [0.15, 0.2) is 0 Å². The summed E-state index contributed by atoms with van der Waals surface area (Å²) in [5.74, 6) is 0. The highest BCUT2D eigenvalue weighted by Crippen LogP contribution is 2.31. The molecule has 1 unspecified atom stereocenters. The molecule has 1 aliphatic heterocycles. The quantitative estimate of drug-likeness (QED) is 0.785. The summed E-state index contributed by atoms with van der Waals surface area (Å²) in [6.07, 6.45) is 6.34. The maximum atomic E-state index is 6.38. The molecule has 94 valence electrons. The fourth-order valence-electron chi connectivity index (χ4n) is 3.08. The Balaban J connectivity index is 1.94. The number of nitrogens with two attached hydrogens (primary N) is 1. The second-order valence-electron chi connectivity index (χ2n) is 5.86. The topological polar surface area (TPSA) is 32.5 Å². The average molecular weight is 225 g/mol. The third-order valence-corrected chi connectivity index (χ3v) is 4.36. The van der Waals surface area contributed by atoms with Gasteiger partial charge in [0.2, 0.25) is 0 Å². The molecule has 0 radical (unpaired) electrons. The van der Waals surface area contributed by atoms with Crippen LogP contribution in [0.5, 0.6) is 0 Å². The molecule has 2 rings (SSSR count). The lowest BCUT2D eigenvalue weighted by Gasteiger charge is -2.44. The molecule has 1 heterocycles. The summed E-state index contributed by atoms with van der Waals surface area (Å²) in [5, 5.41) is 0. The van der Waals surface area contributed by atoms with E-state index in [1.165, 1.54) is 51.7 Å². The third-order valence-electron chi connectivity index (χ3n) is 4.36. The maximum Gasteiger partial charge on any atom is 0.0283 e. The molecule has 3 nitrogen and oxygen atoms in total. The molecule has 0 amide bonds. The van der Waals surface area contributed by atoms with Crippen LogP contribution >= 0.6 is 0 Å². The van der Waals surface area contributed by atoms with Gasteiger partial charge in [0.05, 0.1) is 0 Å². The SMILES string of the molecule is CCC1CN(C)CCCN1CC1(N)CCC1. The van der Waals surface area contributed by atoms with E-state index in [-0.39, 0.29) is 5.54 Å². The van der Waals surface area contributed by atoms with Crippen LogP contribution in [0.2, 0.25) is 0 Å². The van der Waals surface area contributed by atoms with Gasteiger partial charge in [-0.15, -0.1) is 0 Å². The minimum Gasteiger partial charge on any atom is -0.324 e. The third kappa shape index (κ3) is 2.76. The van der Waals surface area contributed by atoms with Gasteiger partial charge in [-0.1, -0.05) is 6.92 Å². The standard InChI is InChI=1S/C13H27N3/c1-3-12-10-15(2)8-5-9-16(12)11-13(14)6-4-7-13/h12H,3-11,14H2,1-2H3. The number of hydrogen-bond donors (Lipinski definition) is 1. The van der Waals surface area contributed by atoms with Crippen LogP contribution in [0, 0.1) is 0 Å². The summed E-state index contributed by atoms with van der Waals surface area (Å²) in [7, 11) is 2.24. The van der Waals surface area contributed by atoms with Crippen LogP contribution in [-0.4, -0.2) is 54.6 Å². The van der Waals surface area contributed by atoms with Gasteiger partial charge in [0, 0.05) is 24.7 Å². The first-order valence-electron chi connectivity index (χ1n) is 6.84. The highest BCUT2D eigenvalue weighted by Gasteiger charge is 2.36. The number of nitrogens with zero attached hydrogens (tertiary/aromatic N) is 2. The van der Waals surface area contributed by atoms with Crippen molar-refractivity contribution in [2.24, 2.45) is 5.73 Å². The molecule has 3 heteroatoms. The van der Waals surface area contributed by atoms with E-state index >= 15 is 0 Å². The molecule has 1 aliphatic carbocycles. The van der Waals surface area contributed by atoms with Gasteiger partial charge in [0.1, 0.15) is 0 Å². The predicted octanol–water partition coefficient (Wildman–Crippen LogP) is 1.28. The van der Waals surface area contributed by atoms with Crippen LogP contribution in [0.3, 0.4) is 0 Å². The molecule has 1 saturated carbocycles. The first kappa shape index (κ1) is 12.3. The van der Waals surface area contributed by atoms with Crippen LogP contribution < -0.4 is 5.73 Å². The second-order valence-corrected chi connectivity index (χ2v) is 5.86. The van der Waals surface area contributed by atoms with Crippen molar-refractivity contribution in [3.63, 3.8) is 0 Å². The molecular formula is C13H27N3. The Kier molecular flexibility index (Phi) is 3.88. The zero-order valence-corrected chi connectivity index (χ0v) is 10.9. The summed E-state index contributed by atoms with van der Waals surface area (Å²) in [5.41, 5.74) is 6.53. The van der Waals surface area contributed by atoms with Crippen molar-refractivity contribution in [3.05, 3.63) is 0 Å². The highest BCUT2D eigenvalue weighted by atomic mass is 15.2. The minimum absolute atomic E-state index is 0.149. The number of rotatable bonds is 3. The van der Waals surface area contributed by atoms with E-state index in [4.69, 9.17) is 5.73 Å². The van der Waals surface area contributed by atoms with Gasteiger partial charge in [-0.05, 0) is 52.2 Å². The lowest BCUT2D eigenvalue weighted by molar-refractivity contribution is 0.106. The minimum atomic E-state index is 0.149. The van der Waals surface area contributed by atoms with Gasteiger partial charge in [-0.25, -0.2) is 0 Å². The van der Waals surface area contributed by atoms with Crippen molar-refractivity contribution in [1.82, 2.24) is 9.80 Å². The highest BCUT2D eigenvalue weighted by molar-refractivity contribution is 4.96. The zero-order chi connectivity index (χ0) is 11.6. The Morgan fingerprint density at radius 1 is 1.25 bits per heavy atom. The van der Waals surface area contributed by atoms with E-state index < -0.39 is 0 Å². The van der Waals surface area contributed by atoms with E-state index in [9.17, 15) is 0 Å². The normalized spacial score (nSPS) is 32.1. The summed E-state index contributed by atoms with van der Waals surface area (Å²) < 4.78 is 0. The zero-order valence-electron chi connectivity index (χ0n) is 10.9. The predicted molar refractivity (Wildman–Crippen MR) is 68.5 cm³/mol. The van der Waals surface area contributed by atoms with Crippen LogP contribution in [-0.2, 0) is 0 Å². The van der Waals surface area contributed by atoms with Crippen molar-refractivity contribution in [2.75, 3.05) is 33.2 Å². The molecule has 1 saturated heterocycles. The van der Waals surface area contributed by atoms with Crippen molar-refractivity contribution in [1.29, 1.82) is 0 Å². The number of likely N-dealkylation sites (N-methyl/N-ethyl adjacent to an activating group) is 1. The van der Waals surface area contributed by atoms with Crippen LogP contribution in [0.15, 0.2) is 0 Å². The van der Waals surface area contributed by atoms with Gasteiger partial charge in [-0.3, -0.25) is 4.90 Å². The van der Waals surface area contributed by atoms with Crippen molar-refractivity contribution in [3.8, 4) is 0 Å². The monoisotopic (exact) mass is 225 g/mol. The van der Waals surface area contributed by atoms with E-state index in [1.807, 2.05) is 0 Å². The maximum absolute atomic E-state index is 6.38. The fraction of sp³-hybridized carbons (Fsp3) is 1.00. The summed E-state index contributed by atoms with van der Waals surface area (Å²) >= 11 is 0. The van der Waals surface area contributed by atoms with Crippen molar-refractivity contribution in [2.45, 2.75) is 50.6 Å². The number of hydrogen-bond acceptors (Lipinski definition) is 3. The van der Waals surface area contributed by atoms with E-state index in [0.29, 0.717) is 6.04 Å². The Bertz CT molecular complexity index is 225. The lowest BCUT2D eigenvalue weighted by atomic mass is 9.77. The second kappa shape index (κ2) is 5.03. The molecule has 16 heavy (non-hydrogen) atoms. The van der Waals surface area contributed by atoms with Crippen molar-refractivity contribution < 1.29 is 0 Å². The van der Waals surface area contributed by atoms with Crippen molar-refractivity contribution >= 4 is 0 Å². The van der Waals surface area contributed by atoms with Crippen LogP contribution in [0.25, 0.3) is 0 Å². The fourth-order valence-corrected chi connectivity index (χ4v) is 3.08. The Morgan fingerprint density at radius 3 is 2.56 bits per heavy atom. The average Bonchev–Trinajstić information content (AvgIpc) is 2.38. The molecule has 1 atom stereocenters. The smallest absolute Gasteiger partial charge is 0.0283 e.